The Morgan fingerprint density at radius 1 is 1.50 bits per heavy atom. The third-order valence-corrected chi connectivity index (χ3v) is 1.65. The molecule has 0 saturated carbocycles. The zero-order valence-electron chi connectivity index (χ0n) is 7.04. The molecule has 0 amide bonds. The Bertz CT molecular complexity index is 271. The van der Waals surface area contributed by atoms with E-state index in [1.807, 2.05) is 0 Å². The van der Waals surface area contributed by atoms with Crippen LogP contribution in [0, 0.1) is 5.82 Å². The molecule has 0 heterocycles. The van der Waals surface area contributed by atoms with Crippen LogP contribution in [0.4, 0.5) is 4.39 Å². The fourth-order valence-electron chi connectivity index (χ4n) is 1.10. The summed E-state index contributed by atoms with van der Waals surface area (Å²) in [5, 5.41) is 9.20. The first-order valence-corrected chi connectivity index (χ1v) is 3.67. The van der Waals surface area contributed by atoms with Gasteiger partial charge in [0.05, 0.1) is 18.8 Å². The lowest BCUT2D eigenvalue weighted by atomic mass is 10.1. The van der Waals surface area contributed by atoms with Crippen molar-refractivity contribution in [1.82, 2.24) is 0 Å². The second-order valence-corrected chi connectivity index (χ2v) is 2.53. The van der Waals surface area contributed by atoms with Crippen LogP contribution in [0.15, 0.2) is 18.2 Å². The number of aliphatic hydroxyl groups is 1. The first-order valence-electron chi connectivity index (χ1n) is 3.67. The Morgan fingerprint density at radius 2 is 2.17 bits per heavy atom. The second kappa shape index (κ2) is 3.54. The van der Waals surface area contributed by atoms with E-state index in [1.165, 1.54) is 20.1 Å². The lowest BCUT2D eigenvalue weighted by Crippen LogP contribution is -1.99. The van der Waals surface area contributed by atoms with Gasteiger partial charge >= 0.3 is 0 Å². The Labute approximate surface area is 70.6 Å². The van der Waals surface area contributed by atoms with Crippen molar-refractivity contribution in [2.45, 2.75) is 13.0 Å². The molecule has 0 radical (unpaired) electrons. The van der Waals surface area contributed by atoms with E-state index in [4.69, 9.17) is 4.74 Å². The minimum absolute atomic E-state index is 0.208. The van der Waals surface area contributed by atoms with Gasteiger partial charge in [0, 0.05) is 0 Å². The van der Waals surface area contributed by atoms with Crippen LogP contribution in [0.3, 0.4) is 0 Å². The number of halogens is 1. The quantitative estimate of drug-likeness (QED) is 0.734. The fourth-order valence-corrected chi connectivity index (χ4v) is 1.10. The van der Waals surface area contributed by atoms with Crippen molar-refractivity contribution >= 4 is 0 Å². The third kappa shape index (κ3) is 1.56. The summed E-state index contributed by atoms with van der Waals surface area (Å²) in [5.41, 5.74) is 0.208. The molecule has 0 aliphatic carbocycles. The summed E-state index contributed by atoms with van der Waals surface area (Å²) in [5.74, 6) is -0.0608. The van der Waals surface area contributed by atoms with Crippen LogP contribution in [0.1, 0.15) is 18.6 Å². The minimum atomic E-state index is -0.846. The standard InChI is InChI=1S/C9H11FO2/c1-6(11)9-7(10)4-3-5-8(9)12-2/h3-6,11H,1-2H3/t6-/m1/s1. The summed E-state index contributed by atoms with van der Waals surface area (Å²) in [6.45, 7) is 1.50. The van der Waals surface area contributed by atoms with Gasteiger partial charge in [-0.25, -0.2) is 4.39 Å². The van der Waals surface area contributed by atoms with Gasteiger partial charge < -0.3 is 9.84 Å². The Hall–Kier alpha value is -1.09. The minimum Gasteiger partial charge on any atom is -0.496 e. The van der Waals surface area contributed by atoms with E-state index in [1.54, 1.807) is 12.1 Å². The highest BCUT2D eigenvalue weighted by Crippen LogP contribution is 2.26. The summed E-state index contributed by atoms with van der Waals surface area (Å²) >= 11 is 0. The van der Waals surface area contributed by atoms with Gasteiger partial charge in [0.25, 0.3) is 0 Å². The van der Waals surface area contributed by atoms with E-state index >= 15 is 0 Å². The van der Waals surface area contributed by atoms with Crippen LogP contribution in [-0.4, -0.2) is 12.2 Å². The van der Waals surface area contributed by atoms with Crippen LogP contribution >= 0.6 is 0 Å². The molecule has 1 atom stereocenters. The molecule has 0 unspecified atom stereocenters. The molecule has 0 aromatic heterocycles. The highest BCUT2D eigenvalue weighted by atomic mass is 19.1. The average Bonchev–Trinajstić information content (AvgIpc) is 2.03. The average molecular weight is 170 g/mol. The van der Waals surface area contributed by atoms with E-state index in [0.717, 1.165) is 0 Å². The number of aliphatic hydroxyl groups excluding tert-OH is 1. The summed E-state index contributed by atoms with van der Waals surface area (Å²) < 4.78 is 17.9. The molecule has 1 rings (SSSR count). The molecule has 0 spiro atoms. The molecule has 3 heteroatoms. The number of rotatable bonds is 2. The number of methoxy groups -OCH3 is 1. The van der Waals surface area contributed by atoms with Crippen LogP contribution in [0.25, 0.3) is 0 Å². The number of benzene rings is 1. The third-order valence-electron chi connectivity index (χ3n) is 1.65. The molecule has 66 valence electrons. The van der Waals surface area contributed by atoms with Crippen LogP contribution in [0.2, 0.25) is 0 Å². The molecule has 0 aliphatic heterocycles. The smallest absolute Gasteiger partial charge is 0.132 e. The predicted octanol–water partition coefficient (Wildman–Crippen LogP) is 1.89. The molecule has 1 N–H and O–H groups in total. The van der Waals surface area contributed by atoms with Crippen molar-refractivity contribution in [3.05, 3.63) is 29.6 Å². The van der Waals surface area contributed by atoms with Crippen molar-refractivity contribution in [1.29, 1.82) is 0 Å². The van der Waals surface area contributed by atoms with Gasteiger partial charge in [-0.05, 0) is 19.1 Å². The van der Waals surface area contributed by atoms with Crippen LogP contribution < -0.4 is 4.74 Å². The maximum atomic E-state index is 13.0. The van der Waals surface area contributed by atoms with E-state index in [0.29, 0.717) is 5.75 Å². The van der Waals surface area contributed by atoms with E-state index in [-0.39, 0.29) is 5.56 Å². The number of hydrogen-bond donors (Lipinski definition) is 1. The van der Waals surface area contributed by atoms with Crippen molar-refractivity contribution in [2.75, 3.05) is 7.11 Å². The van der Waals surface area contributed by atoms with Crippen molar-refractivity contribution in [2.24, 2.45) is 0 Å². The first-order chi connectivity index (χ1) is 5.66. The lowest BCUT2D eigenvalue weighted by Gasteiger charge is -2.10. The van der Waals surface area contributed by atoms with E-state index < -0.39 is 11.9 Å². The Balaban J connectivity index is 3.20. The predicted molar refractivity (Wildman–Crippen MR) is 43.6 cm³/mol. The van der Waals surface area contributed by atoms with Gasteiger partial charge in [0.15, 0.2) is 0 Å². The van der Waals surface area contributed by atoms with Crippen molar-refractivity contribution < 1.29 is 14.2 Å². The molecule has 12 heavy (non-hydrogen) atoms. The van der Waals surface area contributed by atoms with Gasteiger partial charge in [0.1, 0.15) is 11.6 Å². The highest BCUT2D eigenvalue weighted by Gasteiger charge is 2.13. The SMILES string of the molecule is COc1cccc(F)c1[C@@H](C)O. The van der Waals surface area contributed by atoms with Gasteiger partial charge in [-0.3, -0.25) is 0 Å². The Morgan fingerprint density at radius 3 is 2.58 bits per heavy atom. The summed E-state index contributed by atoms with van der Waals surface area (Å²) in [7, 11) is 1.45. The van der Waals surface area contributed by atoms with Gasteiger partial charge in [-0.15, -0.1) is 0 Å². The highest BCUT2D eigenvalue weighted by molar-refractivity contribution is 5.35. The first kappa shape index (κ1) is 9.00. The van der Waals surface area contributed by atoms with Gasteiger partial charge in [-0.1, -0.05) is 6.07 Å². The molecule has 0 aliphatic rings. The molecule has 2 nitrogen and oxygen atoms in total. The normalized spacial score (nSPS) is 12.7. The molecular weight excluding hydrogens is 159 g/mol. The molecular formula is C9H11FO2. The lowest BCUT2D eigenvalue weighted by molar-refractivity contribution is 0.189. The fraction of sp³-hybridized carbons (Fsp3) is 0.333. The zero-order valence-corrected chi connectivity index (χ0v) is 7.04. The van der Waals surface area contributed by atoms with Crippen LogP contribution in [0.5, 0.6) is 5.75 Å². The van der Waals surface area contributed by atoms with Gasteiger partial charge in [-0.2, -0.15) is 0 Å². The molecule has 1 aromatic carbocycles. The molecule has 0 saturated heterocycles. The number of hydrogen-bond acceptors (Lipinski definition) is 2. The maximum Gasteiger partial charge on any atom is 0.132 e. The van der Waals surface area contributed by atoms with Crippen molar-refractivity contribution in [3.63, 3.8) is 0 Å². The summed E-state index contributed by atoms with van der Waals surface area (Å²) in [6.07, 6.45) is -0.846. The van der Waals surface area contributed by atoms with E-state index in [9.17, 15) is 9.50 Å². The van der Waals surface area contributed by atoms with Crippen LogP contribution in [-0.2, 0) is 0 Å². The largest absolute Gasteiger partial charge is 0.496 e. The van der Waals surface area contributed by atoms with E-state index in [2.05, 4.69) is 0 Å². The maximum absolute atomic E-state index is 13.0. The zero-order chi connectivity index (χ0) is 9.14. The molecule has 0 fully saturated rings. The second-order valence-electron chi connectivity index (χ2n) is 2.53. The Kier molecular flexibility index (Phi) is 2.65. The number of ether oxygens (including phenoxy) is 1. The van der Waals surface area contributed by atoms with Crippen molar-refractivity contribution in [3.8, 4) is 5.75 Å². The summed E-state index contributed by atoms with van der Waals surface area (Å²) in [6, 6.07) is 4.45. The topological polar surface area (TPSA) is 29.5 Å². The van der Waals surface area contributed by atoms with Gasteiger partial charge in [0.2, 0.25) is 0 Å². The summed E-state index contributed by atoms with van der Waals surface area (Å²) in [4.78, 5) is 0. The molecule has 1 aromatic rings. The molecule has 0 bridgehead atoms. The monoisotopic (exact) mass is 170 g/mol.